The lowest BCUT2D eigenvalue weighted by molar-refractivity contribution is -0.141. The van der Waals surface area contributed by atoms with E-state index in [1.165, 1.54) is 18.2 Å². The zero-order valence-corrected chi connectivity index (χ0v) is 15.4. The van der Waals surface area contributed by atoms with E-state index >= 15 is 0 Å². The molecule has 0 radical (unpaired) electrons. The zero-order valence-electron chi connectivity index (χ0n) is 15.4. The Labute approximate surface area is 152 Å². The highest BCUT2D eigenvalue weighted by molar-refractivity contribution is 5.99. The van der Waals surface area contributed by atoms with E-state index in [0.29, 0.717) is 17.7 Å². The molecular formula is C20H24FNO4. The Balaban J connectivity index is 1.93. The van der Waals surface area contributed by atoms with Crippen molar-refractivity contribution in [2.24, 2.45) is 0 Å². The lowest BCUT2D eigenvalue weighted by Gasteiger charge is -2.09. The average molecular weight is 361 g/mol. The van der Waals surface area contributed by atoms with E-state index in [2.05, 4.69) is 4.57 Å². The number of aromatic nitrogens is 1. The molecule has 0 saturated heterocycles. The second kappa shape index (κ2) is 9.29. The molecule has 0 atom stereocenters. The Kier molecular flexibility index (Phi) is 7.09. The molecule has 140 valence electrons. The summed E-state index contributed by atoms with van der Waals surface area (Å²) in [7, 11) is 1.66. The van der Waals surface area contributed by atoms with Gasteiger partial charge in [-0.3, -0.25) is 9.59 Å². The average Bonchev–Trinajstić information content (AvgIpc) is 2.88. The summed E-state index contributed by atoms with van der Waals surface area (Å²) in [5.74, 6) is -1.21. The molecule has 0 bridgehead atoms. The molecule has 0 aliphatic heterocycles. The first kappa shape index (κ1) is 19.8. The third-order valence-electron chi connectivity index (χ3n) is 4.21. The Hall–Kier alpha value is -2.47. The SMILES string of the molecule is COCCCn1c(C)cc(C(=O)COC(=O)Cc2cccc(F)c2)c1C. The van der Waals surface area contributed by atoms with E-state index in [9.17, 15) is 14.0 Å². The number of nitrogens with zero attached hydrogens (tertiary/aromatic N) is 1. The van der Waals surface area contributed by atoms with Crippen molar-refractivity contribution in [2.45, 2.75) is 33.2 Å². The van der Waals surface area contributed by atoms with Gasteiger partial charge >= 0.3 is 5.97 Å². The fraction of sp³-hybridized carbons (Fsp3) is 0.400. The maximum atomic E-state index is 13.1. The number of methoxy groups -OCH3 is 1. The van der Waals surface area contributed by atoms with E-state index in [0.717, 1.165) is 24.4 Å². The lowest BCUT2D eigenvalue weighted by atomic mass is 10.1. The van der Waals surface area contributed by atoms with Crippen LogP contribution in [0.4, 0.5) is 4.39 Å². The molecule has 0 amide bonds. The second-order valence-electron chi connectivity index (χ2n) is 6.17. The molecule has 1 heterocycles. The first-order valence-electron chi connectivity index (χ1n) is 8.51. The number of esters is 1. The van der Waals surface area contributed by atoms with E-state index < -0.39 is 11.8 Å². The van der Waals surface area contributed by atoms with Crippen molar-refractivity contribution in [1.29, 1.82) is 0 Å². The van der Waals surface area contributed by atoms with Crippen LogP contribution in [0.3, 0.4) is 0 Å². The highest BCUT2D eigenvalue weighted by Crippen LogP contribution is 2.17. The monoisotopic (exact) mass is 361 g/mol. The standard InChI is InChI=1S/C20H24FNO4/c1-14-10-18(15(2)22(14)8-5-9-25-3)19(23)13-26-20(24)12-16-6-4-7-17(21)11-16/h4,6-7,10-11H,5,8-9,12-13H2,1-3H3. The van der Waals surface area contributed by atoms with Gasteiger partial charge in [0.05, 0.1) is 6.42 Å². The maximum absolute atomic E-state index is 13.1. The Morgan fingerprint density at radius 1 is 1.19 bits per heavy atom. The number of Topliss-reactive ketones (excluding diaryl/α,β-unsaturated/α-hetero) is 1. The zero-order chi connectivity index (χ0) is 19.1. The molecule has 2 aromatic rings. The van der Waals surface area contributed by atoms with Crippen LogP contribution in [0.25, 0.3) is 0 Å². The summed E-state index contributed by atoms with van der Waals surface area (Å²) < 4.78 is 25.3. The van der Waals surface area contributed by atoms with Gasteiger partial charge in [-0.05, 0) is 44.0 Å². The van der Waals surface area contributed by atoms with Crippen molar-refractivity contribution in [1.82, 2.24) is 4.57 Å². The maximum Gasteiger partial charge on any atom is 0.310 e. The molecule has 0 N–H and O–H groups in total. The second-order valence-corrected chi connectivity index (χ2v) is 6.17. The highest BCUT2D eigenvalue weighted by Gasteiger charge is 2.17. The lowest BCUT2D eigenvalue weighted by Crippen LogP contribution is -2.16. The molecule has 6 heteroatoms. The van der Waals surface area contributed by atoms with Gasteiger partial charge in [-0.25, -0.2) is 4.39 Å². The molecule has 0 aliphatic carbocycles. The van der Waals surface area contributed by atoms with Crippen molar-refractivity contribution in [3.05, 3.63) is 58.7 Å². The molecule has 26 heavy (non-hydrogen) atoms. The molecule has 2 rings (SSSR count). The number of benzene rings is 1. The number of carbonyl (C=O) groups excluding carboxylic acids is 2. The van der Waals surface area contributed by atoms with Crippen LogP contribution in [0.1, 0.15) is 33.7 Å². The van der Waals surface area contributed by atoms with E-state index in [4.69, 9.17) is 9.47 Å². The fourth-order valence-corrected chi connectivity index (χ4v) is 2.88. The van der Waals surface area contributed by atoms with Gasteiger partial charge in [0.1, 0.15) is 5.82 Å². The summed E-state index contributed by atoms with van der Waals surface area (Å²) >= 11 is 0. The van der Waals surface area contributed by atoms with E-state index in [-0.39, 0.29) is 18.8 Å². The number of carbonyl (C=O) groups is 2. The van der Waals surface area contributed by atoms with Crippen molar-refractivity contribution in [2.75, 3.05) is 20.3 Å². The number of ketones is 1. The van der Waals surface area contributed by atoms with Crippen molar-refractivity contribution in [3.63, 3.8) is 0 Å². The summed E-state index contributed by atoms with van der Waals surface area (Å²) in [4.78, 5) is 24.3. The third-order valence-corrected chi connectivity index (χ3v) is 4.21. The van der Waals surface area contributed by atoms with Crippen LogP contribution in [0.2, 0.25) is 0 Å². The fourth-order valence-electron chi connectivity index (χ4n) is 2.88. The van der Waals surface area contributed by atoms with Crippen LogP contribution in [-0.2, 0) is 27.2 Å². The molecule has 0 fully saturated rings. The minimum absolute atomic E-state index is 0.0684. The predicted octanol–water partition coefficient (Wildman–Crippen LogP) is 3.25. The topological polar surface area (TPSA) is 57.5 Å². The van der Waals surface area contributed by atoms with E-state index in [1.54, 1.807) is 13.2 Å². The normalized spacial score (nSPS) is 10.8. The first-order valence-corrected chi connectivity index (χ1v) is 8.51. The van der Waals surface area contributed by atoms with Crippen LogP contribution in [0, 0.1) is 19.7 Å². The van der Waals surface area contributed by atoms with Gasteiger partial charge in [0.25, 0.3) is 0 Å². The third kappa shape index (κ3) is 5.26. The van der Waals surface area contributed by atoms with Crippen LogP contribution in [0.5, 0.6) is 0 Å². The van der Waals surface area contributed by atoms with Crippen LogP contribution >= 0.6 is 0 Å². The van der Waals surface area contributed by atoms with Gasteiger partial charge < -0.3 is 14.0 Å². The molecule has 0 saturated carbocycles. The van der Waals surface area contributed by atoms with Crippen LogP contribution in [-0.4, -0.2) is 36.6 Å². The quantitative estimate of drug-likeness (QED) is 0.391. The van der Waals surface area contributed by atoms with Crippen LogP contribution < -0.4 is 0 Å². The van der Waals surface area contributed by atoms with Gasteiger partial charge in [0.15, 0.2) is 6.61 Å². The first-order chi connectivity index (χ1) is 12.4. The van der Waals surface area contributed by atoms with Gasteiger partial charge in [-0.2, -0.15) is 0 Å². The molecule has 0 unspecified atom stereocenters. The van der Waals surface area contributed by atoms with Crippen molar-refractivity contribution < 1.29 is 23.5 Å². The van der Waals surface area contributed by atoms with E-state index in [1.807, 2.05) is 19.9 Å². The number of hydrogen-bond acceptors (Lipinski definition) is 4. The number of hydrogen-bond donors (Lipinski definition) is 0. The molecule has 5 nitrogen and oxygen atoms in total. The van der Waals surface area contributed by atoms with Gasteiger partial charge in [-0.15, -0.1) is 0 Å². The molecule has 1 aromatic heterocycles. The van der Waals surface area contributed by atoms with Crippen molar-refractivity contribution in [3.8, 4) is 0 Å². The number of rotatable bonds is 9. The minimum Gasteiger partial charge on any atom is -0.457 e. The minimum atomic E-state index is -0.558. The smallest absolute Gasteiger partial charge is 0.310 e. The largest absolute Gasteiger partial charge is 0.457 e. The summed E-state index contributed by atoms with van der Waals surface area (Å²) in [5, 5.41) is 0. The molecule has 0 aliphatic rings. The molecule has 1 aromatic carbocycles. The molecule has 0 spiro atoms. The Bertz CT molecular complexity index is 782. The number of halogens is 1. The van der Waals surface area contributed by atoms with Gasteiger partial charge in [0, 0.05) is 37.2 Å². The van der Waals surface area contributed by atoms with Gasteiger partial charge in [0.2, 0.25) is 5.78 Å². The summed E-state index contributed by atoms with van der Waals surface area (Å²) in [6.45, 7) is 4.90. The number of aryl methyl sites for hydroxylation is 1. The highest BCUT2D eigenvalue weighted by atomic mass is 19.1. The van der Waals surface area contributed by atoms with Crippen molar-refractivity contribution >= 4 is 11.8 Å². The summed E-state index contributed by atoms with van der Waals surface area (Å²) in [6.07, 6.45) is 0.782. The Morgan fingerprint density at radius 3 is 2.65 bits per heavy atom. The van der Waals surface area contributed by atoms with Crippen LogP contribution in [0.15, 0.2) is 30.3 Å². The Morgan fingerprint density at radius 2 is 1.96 bits per heavy atom. The summed E-state index contributed by atoms with van der Waals surface area (Å²) in [6, 6.07) is 7.56. The summed E-state index contributed by atoms with van der Waals surface area (Å²) in [5.41, 5.74) is 2.90. The predicted molar refractivity (Wildman–Crippen MR) is 95.8 cm³/mol. The molecular weight excluding hydrogens is 337 g/mol. The number of ether oxygens (including phenoxy) is 2. The van der Waals surface area contributed by atoms with Gasteiger partial charge in [-0.1, -0.05) is 12.1 Å².